The summed E-state index contributed by atoms with van der Waals surface area (Å²) in [5.74, 6) is -0.0658. The van der Waals surface area contributed by atoms with Crippen LogP contribution in [0.4, 0.5) is 0 Å². The van der Waals surface area contributed by atoms with Gasteiger partial charge >= 0.3 is 0 Å². The van der Waals surface area contributed by atoms with E-state index in [-0.39, 0.29) is 24.0 Å². The summed E-state index contributed by atoms with van der Waals surface area (Å²) in [5.41, 5.74) is 0.793. The van der Waals surface area contributed by atoms with Crippen LogP contribution >= 0.6 is 23.2 Å². The number of benzene rings is 1. The van der Waals surface area contributed by atoms with Gasteiger partial charge in [0.2, 0.25) is 11.8 Å². The summed E-state index contributed by atoms with van der Waals surface area (Å²) in [6.45, 7) is 2.67. The summed E-state index contributed by atoms with van der Waals surface area (Å²) in [5, 5.41) is 14.3. The predicted octanol–water partition coefficient (Wildman–Crippen LogP) is 2.96. The zero-order chi connectivity index (χ0) is 21.5. The van der Waals surface area contributed by atoms with Crippen molar-refractivity contribution in [2.75, 3.05) is 32.7 Å². The minimum atomic E-state index is -0.297. The van der Waals surface area contributed by atoms with E-state index in [0.29, 0.717) is 49.2 Å². The maximum atomic E-state index is 12.6. The van der Waals surface area contributed by atoms with E-state index in [4.69, 9.17) is 23.2 Å². The summed E-state index contributed by atoms with van der Waals surface area (Å²) in [6.07, 6.45) is 7.25. The highest BCUT2D eigenvalue weighted by molar-refractivity contribution is 6.42. The number of aliphatic hydroxyl groups is 1. The highest BCUT2D eigenvalue weighted by atomic mass is 35.5. The zero-order valence-electron chi connectivity index (χ0n) is 17.0. The fourth-order valence-electron chi connectivity index (χ4n) is 3.95. The molecule has 8 heteroatoms. The molecule has 3 rings (SSSR count). The second-order valence-electron chi connectivity index (χ2n) is 7.88. The van der Waals surface area contributed by atoms with Gasteiger partial charge in [0.15, 0.2) is 0 Å². The van der Waals surface area contributed by atoms with Gasteiger partial charge in [-0.25, -0.2) is 0 Å². The van der Waals surface area contributed by atoms with Crippen LogP contribution in [-0.4, -0.2) is 71.6 Å². The third-order valence-corrected chi connectivity index (χ3v) is 6.52. The first-order valence-corrected chi connectivity index (χ1v) is 11.3. The molecular weight excluding hydrogens is 425 g/mol. The van der Waals surface area contributed by atoms with Crippen molar-refractivity contribution >= 4 is 41.1 Å². The molecule has 0 bridgehead atoms. The monoisotopic (exact) mass is 453 g/mol. The first-order chi connectivity index (χ1) is 14.4. The molecule has 1 saturated heterocycles. The molecule has 2 fully saturated rings. The van der Waals surface area contributed by atoms with Crippen molar-refractivity contribution < 1.29 is 14.7 Å². The van der Waals surface area contributed by atoms with E-state index in [0.717, 1.165) is 31.2 Å². The first kappa shape index (κ1) is 23.1. The summed E-state index contributed by atoms with van der Waals surface area (Å²) >= 11 is 11.9. The van der Waals surface area contributed by atoms with Crippen LogP contribution in [0.1, 0.15) is 37.7 Å². The van der Waals surface area contributed by atoms with Crippen LogP contribution in [0.5, 0.6) is 0 Å². The van der Waals surface area contributed by atoms with Crippen molar-refractivity contribution in [3.8, 4) is 0 Å². The highest BCUT2D eigenvalue weighted by Crippen LogP contribution is 2.23. The molecule has 2 N–H and O–H groups in total. The van der Waals surface area contributed by atoms with Crippen molar-refractivity contribution in [2.45, 2.75) is 44.2 Å². The van der Waals surface area contributed by atoms with Crippen LogP contribution in [0, 0.1) is 0 Å². The number of aliphatic hydroxyl groups excluding tert-OH is 1. The summed E-state index contributed by atoms with van der Waals surface area (Å²) in [7, 11) is 0. The molecule has 0 radical (unpaired) electrons. The lowest BCUT2D eigenvalue weighted by Crippen LogP contribution is -2.46. The standard InChI is InChI=1S/C22H29Cl2N3O3/c23-17-7-5-16(15-18(17)24)6-8-21(29)26-11-9-22(30)27(14-13-26)12-10-25-19-3-1-2-4-20(19)28/h5-8,15,19-20,25,28H,1-4,9-14H2/b8-6+. The Morgan fingerprint density at radius 1 is 1.17 bits per heavy atom. The van der Waals surface area contributed by atoms with E-state index in [1.54, 1.807) is 34.1 Å². The van der Waals surface area contributed by atoms with Crippen LogP contribution in [0.2, 0.25) is 10.0 Å². The van der Waals surface area contributed by atoms with Crippen molar-refractivity contribution in [1.29, 1.82) is 0 Å². The van der Waals surface area contributed by atoms with Crippen molar-refractivity contribution in [1.82, 2.24) is 15.1 Å². The number of rotatable bonds is 6. The van der Waals surface area contributed by atoms with Crippen molar-refractivity contribution in [2.24, 2.45) is 0 Å². The number of nitrogens with one attached hydrogen (secondary N) is 1. The molecule has 2 aliphatic rings. The lowest BCUT2D eigenvalue weighted by Gasteiger charge is -2.29. The van der Waals surface area contributed by atoms with Gasteiger partial charge in [-0.1, -0.05) is 42.1 Å². The largest absolute Gasteiger partial charge is 0.392 e. The Balaban J connectivity index is 1.47. The molecule has 1 aliphatic carbocycles. The van der Waals surface area contributed by atoms with Gasteiger partial charge in [0.05, 0.1) is 16.1 Å². The van der Waals surface area contributed by atoms with E-state index in [1.165, 1.54) is 6.08 Å². The second kappa shape index (κ2) is 11.1. The molecule has 1 aliphatic heterocycles. The van der Waals surface area contributed by atoms with E-state index in [1.807, 2.05) is 0 Å². The normalized spacial score (nSPS) is 23.1. The Labute approximate surface area is 187 Å². The van der Waals surface area contributed by atoms with Crippen molar-refractivity contribution in [3.63, 3.8) is 0 Å². The molecule has 1 aromatic rings. The maximum Gasteiger partial charge on any atom is 0.246 e. The topological polar surface area (TPSA) is 72.9 Å². The lowest BCUT2D eigenvalue weighted by atomic mass is 9.93. The number of amides is 2. The Hall–Kier alpha value is -1.60. The Morgan fingerprint density at radius 3 is 2.73 bits per heavy atom. The first-order valence-electron chi connectivity index (χ1n) is 10.6. The molecule has 164 valence electrons. The average Bonchev–Trinajstić information content (AvgIpc) is 2.92. The third-order valence-electron chi connectivity index (χ3n) is 5.78. The Morgan fingerprint density at radius 2 is 1.97 bits per heavy atom. The zero-order valence-corrected chi connectivity index (χ0v) is 18.5. The van der Waals surface area contributed by atoms with Gasteiger partial charge in [-0.2, -0.15) is 0 Å². The fraction of sp³-hybridized carbons (Fsp3) is 0.545. The predicted molar refractivity (Wildman–Crippen MR) is 120 cm³/mol. The van der Waals surface area contributed by atoms with Crippen LogP contribution in [0.3, 0.4) is 0 Å². The second-order valence-corrected chi connectivity index (χ2v) is 8.69. The number of hydrogen-bond donors (Lipinski definition) is 2. The molecule has 1 heterocycles. The molecule has 2 atom stereocenters. The summed E-state index contributed by atoms with van der Waals surface area (Å²) in [6, 6.07) is 5.31. The fourth-order valence-corrected chi connectivity index (χ4v) is 4.25. The van der Waals surface area contributed by atoms with Gasteiger partial charge in [0, 0.05) is 51.3 Å². The average molecular weight is 454 g/mol. The third kappa shape index (κ3) is 6.45. The van der Waals surface area contributed by atoms with Crippen LogP contribution in [0.25, 0.3) is 6.08 Å². The number of halogens is 2. The van der Waals surface area contributed by atoms with Gasteiger partial charge in [-0.15, -0.1) is 0 Å². The van der Waals surface area contributed by atoms with Gasteiger partial charge in [0.25, 0.3) is 0 Å². The quantitative estimate of drug-likeness (QED) is 0.649. The van der Waals surface area contributed by atoms with Gasteiger partial charge < -0.3 is 20.2 Å². The molecule has 2 unspecified atom stereocenters. The van der Waals surface area contributed by atoms with E-state index >= 15 is 0 Å². The molecular formula is C22H29Cl2N3O3. The van der Waals surface area contributed by atoms with E-state index in [2.05, 4.69) is 5.32 Å². The SMILES string of the molecule is O=C(/C=C/c1ccc(Cl)c(Cl)c1)N1CCC(=O)N(CCNC2CCCCC2O)CC1. The van der Waals surface area contributed by atoms with Crippen LogP contribution < -0.4 is 5.32 Å². The molecule has 0 aromatic heterocycles. The summed E-state index contributed by atoms with van der Waals surface area (Å²) in [4.78, 5) is 28.5. The lowest BCUT2D eigenvalue weighted by molar-refractivity contribution is -0.130. The van der Waals surface area contributed by atoms with E-state index < -0.39 is 0 Å². The van der Waals surface area contributed by atoms with Crippen LogP contribution in [0.15, 0.2) is 24.3 Å². The van der Waals surface area contributed by atoms with Gasteiger partial charge in [0.1, 0.15) is 0 Å². The molecule has 1 saturated carbocycles. The maximum absolute atomic E-state index is 12.6. The molecule has 0 spiro atoms. The summed E-state index contributed by atoms with van der Waals surface area (Å²) < 4.78 is 0. The van der Waals surface area contributed by atoms with Crippen molar-refractivity contribution in [3.05, 3.63) is 39.9 Å². The molecule has 6 nitrogen and oxygen atoms in total. The molecule has 30 heavy (non-hydrogen) atoms. The minimum absolute atomic E-state index is 0.0600. The molecule has 1 aromatic carbocycles. The number of nitrogens with zero attached hydrogens (tertiary/aromatic N) is 2. The highest BCUT2D eigenvalue weighted by Gasteiger charge is 2.25. The van der Waals surface area contributed by atoms with Crippen LogP contribution in [-0.2, 0) is 9.59 Å². The molecule has 2 amide bonds. The van der Waals surface area contributed by atoms with Gasteiger partial charge in [-0.3, -0.25) is 9.59 Å². The minimum Gasteiger partial charge on any atom is -0.392 e. The smallest absolute Gasteiger partial charge is 0.246 e. The Bertz CT molecular complexity index is 787. The number of carbonyl (C=O) groups excluding carboxylic acids is 2. The Kier molecular flexibility index (Phi) is 8.57. The van der Waals surface area contributed by atoms with Gasteiger partial charge in [-0.05, 0) is 36.6 Å². The van der Waals surface area contributed by atoms with E-state index in [9.17, 15) is 14.7 Å². The number of hydrogen-bond acceptors (Lipinski definition) is 4. The number of carbonyl (C=O) groups is 2.